The van der Waals surface area contributed by atoms with Crippen LogP contribution in [0.15, 0.2) is 85.3 Å². The van der Waals surface area contributed by atoms with Crippen molar-refractivity contribution in [3.05, 3.63) is 96.5 Å². The zero-order valence-electron chi connectivity index (χ0n) is 30.5. The maximum absolute atomic E-state index is 13.6. The van der Waals surface area contributed by atoms with Crippen molar-refractivity contribution < 1.29 is 23.9 Å². The molecule has 0 saturated carbocycles. The molecule has 14 heteroatoms. The minimum Gasteiger partial charge on any atom is -0.485 e. The van der Waals surface area contributed by atoms with Gasteiger partial charge in [-0.2, -0.15) is 0 Å². The molecule has 14 nitrogen and oxygen atoms in total. The van der Waals surface area contributed by atoms with Crippen molar-refractivity contribution in [2.75, 3.05) is 67.3 Å². The van der Waals surface area contributed by atoms with Crippen LogP contribution in [-0.4, -0.2) is 90.3 Å². The molecule has 4 aromatic rings. The van der Waals surface area contributed by atoms with Gasteiger partial charge in [-0.3, -0.25) is 24.3 Å². The molecular weight excluding hydrogens is 686 g/mol. The molecule has 1 atom stereocenters. The molecule has 0 spiro atoms. The van der Waals surface area contributed by atoms with Crippen LogP contribution in [0.1, 0.15) is 37.0 Å². The fraction of sp³-hybridized carbons (Fsp3) is 0.300. The summed E-state index contributed by atoms with van der Waals surface area (Å²) in [5, 5.41) is 8.73. The molecule has 0 bridgehead atoms. The molecule has 3 aliphatic rings. The molecule has 278 valence electrons. The lowest BCUT2D eigenvalue weighted by Crippen LogP contribution is -2.32. The molecule has 2 fully saturated rings. The van der Waals surface area contributed by atoms with E-state index in [1.54, 1.807) is 34.3 Å². The van der Waals surface area contributed by atoms with Crippen molar-refractivity contribution in [3.8, 4) is 16.9 Å². The molecule has 0 radical (unpaired) electrons. The van der Waals surface area contributed by atoms with Crippen LogP contribution < -0.4 is 30.5 Å². The first kappa shape index (κ1) is 36.1. The first-order valence-electron chi connectivity index (χ1n) is 18.0. The number of nitrogens with one attached hydrogen (secondary N) is 3. The number of pyridine rings is 2. The number of ether oxygens (including phenoxy) is 1. The van der Waals surface area contributed by atoms with Crippen LogP contribution in [-0.2, 0) is 20.9 Å². The van der Waals surface area contributed by atoms with Crippen LogP contribution in [0.3, 0.4) is 0 Å². The summed E-state index contributed by atoms with van der Waals surface area (Å²) in [5.74, 6) is 0.796. The molecule has 2 saturated heterocycles. The van der Waals surface area contributed by atoms with Crippen molar-refractivity contribution in [1.29, 1.82) is 0 Å². The monoisotopic (exact) mass is 729 g/mol. The Bertz CT molecular complexity index is 2120. The number of urea groups is 1. The number of fused-ring (bicyclic) bond motifs is 3. The quantitative estimate of drug-likeness (QED) is 0.170. The number of nitrogens with zero attached hydrogens (tertiary/aromatic N) is 6. The molecular formula is C40H43N9O5. The van der Waals surface area contributed by atoms with Gasteiger partial charge in [0.15, 0.2) is 0 Å². The third-order valence-electron chi connectivity index (χ3n) is 9.47. The van der Waals surface area contributed by atoms with Crippen LogP contribution in [0.5, 0.6) is 5.75 Å². The zero-order valence-corrected chi connectivity index (χ0v) is 30.5. The van der Waals surface area contributed by atoms with E-state index >= 15 is 0 Å². The van der Waals surface area contributed by atoms with Crippen LogP contribution >= 0.6 is 0 Å². The van der Waals surface area contributed by atoms with Gasteiger partial charge in [-0.05, 0) is 69.4 Å². The number of benzene rings is 2. The lowest BCUT2D eigenvalue weighted by atomic mass is 9.94. The Balaban J connectivity index is 0.959. The Hall–Kier alpha value is -6.28. The van der Waals surface area contributed by atoms with E-state index in [0.717, 1.165) is 46.7 Å². The normalized spacial score (nSPS) is 16.4. The number of hydrogen-bond donors (Lipinski definition) is 3. The summed E-state index contributed by atoms with van der Waals surface area (Å²) < 4.78 is 6.32. The average molecular weight is 730 g/mol. The van der Waals surface area contributed by atoms with E-state index in [9.17, 15) is 19.2 Å². The molecule has 5 amide bonds. The molecule has 3 aliphatic heterocycles. The van der Waals surface area contributed by atoms with Gasteiger partial charge in [-0.15, -0.1) is 0 Å². The second kappa shape index (κ2) is 15.8. The smallest absolute Gasteiger partial charge is 0.324 e. The molecule has 0 aliphatic carbocycles. The maximum atomic E-state index is 13.6. The molecule has 54 heavy (non-hydrogen) atoms. The Morgan fingerprint density at radius 3 is 2.63 bits per heavy atom. The van der Waals surface area contributed by atoms with E-state index < -0.39 is 0 Å². The number of carbonyl (C=O) groups is 4. The van der Waals surface area contributed by atoms with Gasteiger partial charge in [0, 0.05) is 85.5 Å². The predicted octanol–water partition coefficient (Wildman–Crippen LogP) is 5.08. The van der Waals surface area contributed by atoms with Gasteiger partial charge < -0.3 is 35.4 Å². The summed E-state index contributed by atoms with van der Waals surface area (Å²) >= 11 is 0. The third-order valence-corrected chi connectivity index (χ3v) is 9.47. The largest absolute Gasteiger partial charge is 0.485 e. The minimum absolute atomic E-state index is 0.136. The van der Waals surface area contributed by atoms with Crippen LogP contribution in [0.4, 0.5) is 33.4 Å². The number of rotatable bonds is 12. The van der Waals surface area contributed by atoms with Crippen molar-refractivity contribution in [3.63, 3.8) is 0 Å². The Morgan fingerprint density at radius 1 is 0.944 bits per heavy atom. The van der Waals surface area contributed by atoms with E-state index in [1.165, 1.54) is 6.08 Å². The molecule has 2 aromatic heterocycles. The number of likely N-dealkylation sites (N-methyl/N-ethyl adjacent to an activating group) is 1. The first-order valence-corrected chi connectivity index (χ1v) is 18.0. The van der Waals surface area contributed by atoms with Crippen LogP contribution in [0.2, 0.25) is 0 Å². The second-order valence-electron chi connectivity index (χ2n) is 13.8. The standard InChI is InChI=1S/C40H43N9O5/c1-26-33-20-36(42-23-34(33)32-12-11-30(19-35(32)54-26)48-14-6-10-39(48)52)44-29-18-31(22-41-21-29)49-16-15-47(40(49)53)25-27-7-4-8-28(17-27)45-38(51)24-43-37(50)9-5-13-46(2)3/h4-5,7-9,11-12,17-23,26H,6,10,13-16,24-25H2,1-3H3,(H,42,44)(H,43,50)(H,45,51)/b9-5+. The lowest BCUT2D eigenvalue weighted by molar-refractivity contribution is -0.121. The van der Waals surface area contributed by atoms with Gasteiger partial charge in [-0.1, -0.05) is 18.2 Å². The Morgan fingerprint density at radius 2 is 1.81 bits per heavy atom. The highest BCUT2D eigenvalue weighted by Gasteiger charge is 2.31. The summed E-state index contributed by atoms with van der Waals surface area (Å²) in [6, 6.07) is 16.9. The number of hydrogen-bond acceptors (Lipinski definition) is 9. The average Bonchev–Trinajstić information content (AvgIpc) is 3.75. The summed E-state index contributed by atoms with van der Waals surface area (Å²) in [7, 11) is 3.80. The lowest BCUT2D eigenvalue weighted by Gasteiger charge is -2.28. The van der Waals surface area contributed by atoms with Gasteiger partial charge >= 0.3 is 6.03 Å². The van der Waals surface area contributed by atoms with Crippen molar-refractivity contribution in [2.24, 2.45) is 0 Å². The maximum Gasteiger partial charge on any atom is 0.324 e. The summed E-state index contributed by atoms with van der Waals surface area (Å²) in [5.41, 5.74) is 6.51. The Labute approximate surface area is 313 Å². The summed E-state index contributed by atoms with van der Waals surface area (Å²) in [6.07, 6.45) is 9.52. The number of carbonyl (C=O) groups excluding carboxylic acids is 4. The third kappa shape index (κ3) is 8.18. The van der Waals surface area contributed by atoms with Crippen LogP contribution in [0.25, 0.3) is 11.1 Å². The van der Waals surface area contributed by atoms with Gasteiger partial charge in [0.1, 0.15) is 17.7 Å². The van der Waals surface area contributed by atoms with Gasteiger partial charge in [0.05, 0.1) is 30.3 Å². The van der Waals surface area contributed by atoms with E-state index in [2.05, 4.69) is 20.9 Å². The highest BCUT2D eigenvalue weighted by atomic mass is 16.5. The Kier molecular flexibility index (Phi) is 10.5. The second-order valence-corrected chi connectivity index (χ2v) is 13.8. The van der Waals surface area contributed by atoms with Gasteiger partial charge in [0.25, 0.3) is 0 Å². The van der Waals surface area contributed by atoms with Crippen molar-refractivity contribution in [1.82, 2.24) is 25.1 Å². The fourth-order valence-electron chi connectivity index (χ4n) is 6.81. The molecule has 7 rings (SSSR count). The fourth-order valence-corrected chi connectivity index (χ4v) is 6.81. The highest BCUT2D eigenvalue weighted by Crippen LogP contribution is 2.44. The SMILES string of the molecule is CC1Oc2cc(N3CCCC3=O)ccc2-c2cnc(Nc3cncc(N4CCN(Cc5cccc(NC(=O)CNC(=O)/C=C/CN(C)C)c5)C4=O)c3)cc21. The molecule has 5 heterocycles. The predicted molar refractivity (Wildman–Crippen MR) is 207 cm³/mol. The topological polar surface area (TPSA) is 152 Å². The van der Waals surface area contributed by atoms with E-state index in [0.29, 0.717) is 55.5 Å². The molecule has 3 N–H and O–H groups in total. The summed E-state index contributed by atoms with van der Waals surface area (Å²) in [4.78, 5) is 66.6. The van der Waals surface area contributed by atoms with E-state index in [1.807, 2.05) is 85.5 Å². The number of amides is 5. The zero-order chi connectivity index (χ0) is 37.8. The van der Waals surface area contributed by atoms with Gasteiger partial charge in [0.2, 0.25) is 17.7 Å². The van der Waals surface area contributed by atoms with Gasteiger partial charge in [-0.25, -0.2) is 9.78 Å². The minimum atomic E-state index is -0.351. The molecule has 1 unspecified atom stereocenters. The number of anilines is 5. The number of aromatic nitrogens is 2. The van der Waals surface area contributed by atoms with E-state index in [-0.39, 0.29) is 36.4 Å². The highest BCUT2D eigenvalue weighted by molar-refractivity contribution is 5.97. The molecule has 2 aromatic carbocycles. The first-order chi connectivity index (χ1) is 26.1. The van der Waals surface area contributed by atoms with E-state index in [4.69, 9.17) is 9.72 Å². The van der Waals surface area contributed by atoms with Crippen molar-refractivity contribution >= 4 is 52.3 Å². The summed E-state index contributed by atoms with van der Waals surface area (Å²) in [6.45, 7) is 4.54. The van der Waals surface area contributed by atoms with Crippen LogP contribution in [0, 0.1) is 0 Å². The van der Waals surface area contributed by atoms with Crippen molar-refractivity contribution in [2.45, 2.75) is 32.4 Å².